The first-order valence-corrected chi connectivity index (χ1v) is 8.70. The Morgan fingerprint density at radius 1 is 1.30 bits per heavy atom. The van der Waals surface area contributed by atoms with E-state index < -0.39 is 36.5 Å². The number of amides is 3. The molecule has 146 valence electrons. The third kappa shape index (κ3) is 5.98. The number of benzene rings is 1. The summed E-state index contributed by atoms with van der Waals surface area (Å²) in [5.41, 5.74) is 0.529. The molecule has 2 atom stereocenters. The lowest BCUT2D eigenvalue weighted by atomic mass is 10.1. The fraction of sp³-hybridized carbons (Fsp3) is 0.444. The highest BCUT2D eigenvalue weighted by Gasteiger charge is 2.30. The number of nitrogens with one attached hydrogen (secondary N) is 3. The van der Waals surface area contributed by atoms with Crippen molar-refractivity contribution in [2.75, 3.05) is 18.5 Å². The van der Waals surface area contributed by atoms with Crippen molar-refractivity contribution in [1.29, 1.82) is 0 Å². The van der Waals surface area contributed by atoms with Gasteiger partial charge in [-0.05, 0) is 25.5 Å². The number of rotatable bonds is 8. The fourth-order valence-corrected chi connectivity index (χ4v) is 2.33. The first-order valence-electron chi connectivity index (χ1n) is 8.70. The van der Waals surface area contributed by atoms with Crippen LogP contribution in [0.4, 0.5) is 5.69 Å². The Balaban J connectivity index is 1.75. The summed E-state index contributed by atoms with van der Waals surface area (Å²) >= 11 is 0. The van der Waals surface area contributed by atoms with E-state index in [0.29, 0.717) is 18.0 Å². The van der Waals surface area contributed by atoms with E-state index in [-0.39, 0.29) is 12.3 Å². The molecule has 9 heteroatoms. The van der Waals surface area contributed by atoms with Crippen LogP contribution in [0.2, 0.25) is 0 Å². The molecular weight excluding hydrogens is 354 g/mol. The SMILES string of the molecule is CCCNC(=O)[C@@H](C)NC(=O)COC(=O)C[C@@H]1Oc2ccccc2NC1=O. The van der Waals surface area contributed by atoms with Crippen LogP contribution in [0.3, 0.4) is 0 Å². The van der Waals surface area contributed by atoms with E-state index >= 15 is 0 Å². The molecule has 9 nitrogen and oxygen atoms in total. The minimum absolute atomic E-state index is 0.317. The second-order valence-corrected chi connectivity index (χ2v) is 6.04. The molecule has 3 N–H and O–H groups in total. The van der Waals surface area contributed by atoms with Gasteiger partial charge in [0.25, 0.3) is 11.8 Å². The van der Waals surface area contributed by atoms with Crippen LogP contribution in [-0.4, -0.2) is 49.0 Å². The van der Waals surface area contributed by atoms with Gasteiger partial charge in [-0.2, -0.15) is 0 Å². The van der Waals surface area contributed by atoms with E-state index in [2.05, 4.69) is 16.0 Å². The number of hydrogen-bond donors (Lipinski definition) is 3. The van der Waals surface area contributed by atoms with E-state index in [1.54, 1.807) is 24.3 Å². The van der Waals surface area contributed by atoms with Gasteiger partial charge in [-0.15, -0.1) is 0 Å². The molecule has 0 unspecified atom stereocenters. The molecule has 0 fully saturated rings. The highest BCUT2D eigenvalue weighted by molar-refractivity contribution is 5.99. The van der Waals surface area contributed by atoms with Crippen LogP contribution in [0.15, 0.2) is 24.3 Å². The first-order chi connectivity index (χ1) is 12.9. The largest absolute Gasteiger partial charge is 0.478 e. The molecule has 1 aliphatic heterocycles. The van der Waals surface area contributed by atoms with Crippen molar-refractivity contribution in [3.8, 4) is 5.75 Å². The van der Waals surface area contributed by atoms with Gasteiger partial charge >= 0.3 is 5.97 Å². The van der Waals surface area contributed by atoms with Crippen molar-refractivity contribution in [3.63, 3.8) is 0 Å². The van der Waals surface area contributed by atoms with E-state index in [0.717, 1.165) is 6.42 Å². The Bertz CT molecular complexity index is 721. The topological polar surface area (TPSA) is 123 Å². The average molecular weight is 377 g/mol. The summed E-state index contributed by atoms with van der Waals surface area (Å²) in [6, 6.07) is 6.11. The van der Waals surface area contributed by atoms with Crippen LogP contribution in [0.25, 0.3) is 0 Å². The third-order valence-corrected chi connectivity index (χ3v) is 3.74. The summed E-state index contributed by atoms with van der Waals surface area (Å²) in [5.74, 6) is -1.69. The zero-order valence-electron chi connectivity index (χ0n) is 15.2. The Morgan fingerprint density at radius 2 is 2.04 bits per heavy atom. The second kappa shape index (κ2) is 9.56. The predicted octanol–water partition coefficient (Wildman–Crippen LogP) is 0.350. The average Bonchev–Trinajstić information content (AvgIpc) is 2.65. The quantitative estimate of drug-likeness (QED) is 0.562. The van der Waals surface area contributed by atoms with Crippen molar-refractivity contribution < 1.29 is 28.7 Å². The van der Waals surface area contributed by atoms with E-state index in [1.165, 1.54) is 6.92 Å². The molecule has 3 amide bonds. The van der Waals surface area contributed by atoms with Crippen LogP contribution >= 0.6 is 0 Å². The lowest BCUT2D eigenvalue weighted by Crippen LogP contribution is -2.46. The Labute approximate surface area is 156 Å². The minimum atomic E-state index is -1.03. The predicted molar refractivity (Wildman–Crippen MR) is 96.0 cm³/mol. The van der Waals surface area contributed by atoms with Gasteiger partial charge in [0, 0.05) is 6.54 Å². The highest BCUT2D eigenvalue weighted by atomic mass is 16.5. The lowest BCUT2D eigenvalue weighted by Gasteiger charge is -2.25. The smallest absolute Gasteiger partial charge is 0.310 e. The van der Waals surface area contributed by atoms with Crippen molar-refractivity contribution >= 4 is 29.4 Å². The molecule has 0 bridgehead atoms. The number of carbonyl (C=O) groups excluding carboxylic acids is 4. The van der Waals surface area contributed by atoms with Gasteiger partial charge < -0.3 is 25.4 Å². The second-order valence-electron chi connectivity index (χ2n) is 6.04. The standard InChI is InChI=1S/C18H23N3O6/c1-3-8-19-17(24)11(2)20-15(22)10-26-16(23)9-14-18(25)21-12-6-4-5-7-13(12)27-14/h4-7,11,14H,3,8-10H2,1-2H3,(H,19,24)(H,20,22)(H,21,25)/t11-,14+/m1/s1. The minimum Gasteiger partial charge on any atom is -0.478 e. The van der Waals surface area contributed by atoms with Crippen LogP contribution in [0.5, 0.6) is 5.75 Å². The molecule has 1 aromatic carbocycles. The van der Waals surface area contributed by atoms with Crippen molar-refractivity contribution in [2.24, 2.45) is 0 Å². The van der Waals surface area contributed by atoms with Crippen LogP contribution < -0.4 is 20.7 Å². The van der Waals surface area contributed by atoms with Crippen LogP contribution in [-0.2, 0) is 23.9 Å². The van der Waals surface area contributed by atoms with Gasteiger partial charge in [0.2, 0.25) is 5.91 Å². The summed E-state index contributed by atoms with van der Waals surface area (Å²) < 4.78 is 10.4. The van der Waals surface area contributed by atoms with Gasteiger partial charge in [-0.25, -0.2) is 0 Å². The molecule has 1 aliphatic rings. The molecular formula is C18H23N3O6. The zero-order valence-corrected chi connectivity index (χ0v) is 15.2. The summed E-state index contributed by atoms with van der Waals surface area (Å²) in [4.78, 5) is 47.3. The van der Waals surface area contributed by atoms with Crippen molar-refractivity contribution in [1.82, 2.24) is 10.6 Å². The molecule has 1 heterocycles. The number of anilines is 1. The number of carbonyl (C=O) groups is 4. The van der Waals surface area contributed by atoms with Crippen LogP contribution in [0, 0.1) is 0 Å². The number of fused-ring (bicyclic) bond motifs is 1. The Kier molecular flexibility index (Phi) is 7.16. The lowest BCUT2D eigenvalue weighted by molar-refractivity contribution is -0.151. The first kappa shape index (κ1) is 20.2. The van der Waals surface area contributed by atoms with E-state index in [4.69, 9.17) is 9.47 Å². The normalized spacial score (nSPS) is 16.2. The van der Waals surface area contributed by atoms with Gasteiger partial charge in [0.1, 0.15) is 11.8 Å². The molecule has 0 saturated carbocycles. The summed E-state index contributed by atoms with van der Waals surface area (Å²) in [6.45, 7) is 3.41. The van der Waals surface area contributed by atoms with Gasteiger partial charge in [0.15, 0.2) is 12.7 Å². The van der Waals surface area contributed by atoms with E-state index in [9.17, 15) is 19.2 Å². The Morgan fingerprint density at radius 3 is 2.78 bits per heavy atom. The summed E-state index contributed by atoms with van der Waals surface area (Å²) in [6.07, 6.45) is -0.583. The maximum Gasteiger partial charge on any atom is 0.310 e. The zero-order chi connectivity index (χ0) is 19.8. The third-order valence-electron chi connectivity index (χ3n) is 3.74. The monoisotopic (exact) mass is 377 g/mol. The van der Waals surface area contributed by atoms with Gasteiger partial charge in [-0.3, -0.25) is 19.2 Å². The van der Waals surface area contributed by atoms with Gasteiger partial charge in [0.05, 0.1) is 12.1 Å². The maximum atomic E-state index is 12.0. The fourth-order valence-electron chi connectivity index (χ4n) is 2.33. The van der Waals surface area contributed by atoms with Crippen LogP contribution in [0.1, 0.15) is 26.7 Å². The highest BCUT2D eigenvalue weighted by Crippen LogP contribution is 2.29. The molecule has 1 aromatic rings. The number of para-hydroxylation sites is 2. The summed E-state index contributed by atoms with van der Waals surface area (Å²) in [5, 5.41) is 7.72. The molecule has 0 saturated heterocycles. The number of hydrogen-bond acceptors (Lipinski definition) is 6. The summed E-state index contributed by atoms with van der Waals surface area (Å²) in [7, 11) is 0. The van der Waals surface area contributed by atoms with E-state index in [1.807, 2.05) is 6.92 Å². The Hall–Kier alpha value is -3.10. The van der Waals surface area contributed by atoms with Crippen molar-refractivity contribution in [2.45, 2.75) is 38.8 Å². The van der Waals surface area contributed by atoms with Gasteiger partial charge in [-0.1, -0.05) is 19.1 Å². The maximum absolute atomic E-state index is 12.0. The molecule has 0 aromatic heterocycles. The number of esters is 1. The van der Waals surface area contributed by atoms with Crippen molar-refractivity contribution in [3.05, 3.63) is 24.3 Å². The molecule has 0 aliphatic carbocycles. The molecule has 27 heavy (non-hydrogen) atoms. The molecule has 0 spiro atoms. The number of ether oxygens (including phenoxy) is 2. The molecule has 0 radical (unpaired) electrons. The molecule has 2 rings (SSSR count).